The Morgan fingerprint density at radius 3 is 2.23 bits per heavy atom. The fourth-order valence-electron chi connectivity index (χ4n) is 1.89. The van der Waals surface area contributed by atoms with Crippen molar-refractivity contribution in [2.75, 3.05) is 19.6 Å². The summed E-state index contributed by atoms with van der Waals surface area (Å²) in [4.78, 5) is 24.0. The highest BCUT2D eigenvalue weighted by molar-refractivity contribution is 7.89. The van der Waals surface area contributed by atoms with Crippen molar-refractivity contribution in [2.45, 2.75) is 25.2 Å². The van der Waals surface area contributed by atoms with E-state index in [0.29, 0.717) is 18.7 Å². The molecule has 0 aliphatic heterocycles. The third-order valence-corrected chi connectivity index (χ3v) is 4.55. The number of hydrogen-bond donors (Lipinski definition) is 2. The molecule has 8 heteroatoms. The number of carbonyl (C=O) groups is 2. The predicted molar refractivity (Wildman–Crippen MR) is 80.9 cm³/mol. The fraction of sp³-hybridized carbons (Fsp3) is 0.429. The minimum Gasteiger partial charge on any atom is -0.480 e. The van der Waals surface area contributed by atoms with Crippen LogP contribution in [0.25, 0.3) is 0 Å². The second kappa shape index (κ2) is 7.90. The van der Waals surface area contributed by atoms with E-state index in [9.17, 15) is 18.0 Å². The summed E-state index contributed by atoms with van der Waals surface area (Å²) in [6, 6.07) is 5.95. The Balaban J connectivity index is 2.79. The number of benzene rings is 1. The van der Waals surface area contributed by atoms with Crippen LogP contribution in [0.1, 0.15) is 19.4 Å². The van der Waals surface area contributed by atoms with Crippen LogP contribution in [0.4, 0.5) is 0 Å². The average molecular weight is 328 g/mol. The van der Waals surface area contributed by atoms with Crippen LogP contribution >= 0.6 is 0 Å². The van der Waals surface area contributed by atoms with E-state index in [4.69, 9.17) is 5.11 Å². The second-order valence-electron chi connectivity index (χ2n) is 4.62. The van der Waals surface area contributed by atoms with Crippen LogP contribution in [0.5, 0.6) is 0 Å². The molecule has 0 radical (unpaired) electrons. The molecular formula is C14H20N2O5S. The van der Waals surface area contributed by atoms with Crippen molar-refractivity contribution in [1.82, 2.24) is 9.62 Å². The highest BCUT2D eigenvalue weighted by Crippen LogP contribution is 2.11. The molecule has 0 saturated heterocycles. The Morgan fingerprint density at radius 1 is 1.18 bits per heavy atom. The van der Waals surface area contributed by atoms with Crippen LogP contribution in [0.15, 0.2) is 29.2 Å². The van der Waals surface area contributed by atoms with E-state index < -0.39 is 16.0 Å². The number of rotatable bonds is 8. The quantitative estimate of drug-likeness (QED) is 0.721. The Bertz CT molecular complexity index is 625. The van der Waals surface area contributed by atoms with Crippen LogP contribution < -0.4 is 4.72 Å². The SMILES string of the molecule is CCNS(=O)(=O)c1ccc(CC(=O)N(CC)CC(=O)O)cc1. The summed E-state index contributed by atoms with van der Waals surface area (Å²) >= 11 is 0. The smallest absolute Gasteiger partial charge is 0.323 e. The minimum atomic E-state index is -3.52. The average Bonchev–Trinajstić information content (AvgIpc) is 2.45. The van der Waals surface area contributed by atoms with Gasteiger partial charge in [0, 0.05) is 13.1 Å². The molecule has 0 fully saturated rings. The summed E-state index contributed by atoms with van der Waals surface area (Å²) in [6.45, 7) is 3.64. The highest BCUT2D eigenvalue weighted by atomic mass is 32.2. The van der Waals surface area contributed by atoms with Gasteiger partial charge in [0.15, 0.2) is 0 Å². The summed E-state index contributed by atoms with van der Waals surface area (Å²) in [6.07, 6.45) is 0.0304. The van der Waals surface area contributed by atoms with Crippen molar-refractivity contribution in [3.63, 3.8) is 0 Å². The molecule has 1 aromatic carbocycles. The molecule has 2 N–H and O–H groups in total. The number of hydrogen-bond acceptors (Lipinski definition) is 4. The van der Waals surface area contributed by atoms with E-state index in [2.05, 4.69) is 4.72 Å². The van der Waals surface area contributed by atoms with Crippen LogP contribution in [-0.2, 0) is 26.0 Å². The normalized spacial score (nSPS) is 11.2. The van der Waals surface area contributed by atoms with E-state index in [1.165, 1.54) is 17.0 Å². The Labute approximate surface area is 130 Å². The van der Waals surface area contributed by atoms with E-state index >= 15 is 0 Å². The van der Waals surface area contributed by atoms with Gasteiger partial charge in [0.25, 0.3) is 0 Å². The first kappa shape index (κ1) is 18.1. The molecule has 0 spiro atoms. The summed E-state index contributed by atoms with van der Waals surface area (Å²) in [5.41, 5.74) is 0.629. The van der Waals surface area contributed by atoms with E-state index in [1.54, 1.807) is 26.0 Å². The first-order valence-corrected chi connectivity index (χ1v) is 8.36. The molecule has 1 aromatic rings. The molecule has 0 atom stereocenters. The molecule has 1 rings (SSSR count). The number of nitrogens with one attached hydrogen (secondary N) is 1. The molecule has 22 heavy (non-hydrogen) atoms. The molecule has 0 heterocycles. The first-order valence-electron chi connectivity index (χ1n) is 6.88. The van der Waals surface area contributed by atoms with Crippen molar-refractivity contribution in [3.8, 4) is 0 Å². The molecule has 0 saturated carbocycles. The number of sulfonamides is 1. The van der Waals surface area contributed by atoms with E-state index in [1.807, 2.05) is 0 Å². The highest BCUT2D eigenvalue weighted by Gasteiger charge is 2.16. The van der Waals surface area contributed by atoms with Crippen LogP contribution in [-0.4, -0.2) is 49.9 Å². The van der Waals surface area contributed by atoms with Gasteiger partial charge in [-0.3, -0.25) is 9.59 Å². The van der Waals surface area contributed by atoms with Crippen molar-refractivity contribution < 1.29 is 23.1 Å². The largest absolute Gasteiger partial charge is 0.480 e. The first-order chi connectivity index (χ1) is 10.3. The van der Waals surface area contributed by atoms with Crippen LogP contribution in [0.2, 0.25) is 0 Å². The lowest BCUT2D eigenvalue weighted by Crippen LogP contribution is -2.36. The summed E-state index contributed by atoms with van der Waals surface area (Å²) in [5.74, 6) is -1.38. The summed E-state index contributed by atoms with van der Waals surface area (Å²) in [5, 5.41) is 8.74. The van der Waals surface area contributed by atoms with Gasteiger partial charge in [-0.2, -0.15) is 0 Å². The van der Waals surface area contributed by atoms with Gasteiger partial charge in [-0.05, 0) is 24.6 Å². The van der Waals surface area contributed by atoms with Gasteiger partial charge < -0.3 is 10.0 Å². The number of nitrogens with zero attached hydrogens (tertiary/aromatic N) is 1. The lowest BCUT2D eigenvalue weighted by Gasteiger charge is -2.18. The lowest BCUT2D eigenvalue weighted by atomic mass is 10.1. The number of carboxylic acids is 1. The summed E-state index contributed by atoms with van der Waals surface area (Å²) in [7, 11) is -3.52. The molecule has 122 valence electrons. The molecule has 0 aliphatic carbocycles. The molecular weight excluding hydrogens is 308 g/mol. The van der Waals surface area contributed by atoms with Gasteiger partial charge in [-0.15, -0.1) is 0 Å². The molecule has 1 amide bonds. The fourth-order valence-corrected chi connectivity index (χ4v) is 2.93. The van der Waals surface area contributed by atoms with Crippen molar-refractivity contribution in [3.05, 3.63) is 29.8 Å². The number of likely N-dealkylation sites (N-methyl/N-ethyl adjacent to an activating group) is 1. The zero-order chi connectivity index (χ0) is 16.8. The van der Waals surface area contributed by atoms with Gasteiger partial charge in [-0.1, -0.05) is 19.1 Å². The maximum Gasteiger partial charge on any atom is 0.323 e. The van der Waals surface area contributed by atoms with Crippen molar-refractivity contribution >= 4 is 21.9 Å². The lowest BCUT2D eigenvalue weighted by molar-refractivity contribution is -0.144. The summed E-state index contributed by atoms with van der Waals surface area (Å²) < 4.78 is 26.0. The second-order valence-corrected chi connectivity index (χ2v) is 6.39. The van der Waals surface area contributed by atoms with Crippen molar-refractivity contribution in [2.24, 2.45) is 0 Å². The van der Waals surface area contributed by atoms with Gasteiger partial charge in [0.05, 0.1) is 11.3 Å². The Kier molecular flexibility index (Phi) is 6.51. The number of carboxylic acid groups (broad SMARTS) is 1. The minimum absolute atomic E-state index is 0.0304. The van der Waals surface area contributed by atoms with Crippen LogP contribution in [0, 0.1) is 0 Å². The predicted octanol–water partition coefficient (Wildman–Crippen LogP) is 0.460. The zero-order valence-electron chi connectivity index (χ0n) is 12.6. The monoisotopic (exact) mass is 328 g/mol. The molecule has 7 nitrogen and oxygen atoms in total. The molecule has 0 bridgehead atoms. The third kappa shape index (κ3) is 5.12. The number of carbonyl (C=O) groups excluding carboxylic acids is 1. The van der Waals surface area contributed by atoms with Gasteiger partial charge in [0.1, 0.15) is 6.54 Å². The molecule has 0 unspecified atom stereocenters. The molecule has 0 aliphatic rings. The van der Waals surface area contributed by atoms with Crippen molar-refractivity contribution in [1.29, 1.82) is 0 Å². The standard InChI is InChI=1S/C14H20N2O5S/c1-3-15-22(20,21)12-7-5-11(6-8-12)9-13(17)16(4-2)10-14(18)19/h5-8,15H,3-4,9-10H2,1-2H3,(H,18,19). The Hall–Kier alpha value is -1.93. The van der Waals surface area contributed by atoms with Gasteiger partial charge in [0.2, 0.25) is 15.9 Å². The topological polar surface area (TPSA) is 104 Å². The third-order valence-electron chi connectivity index (χ3n) is 2.98. The van der Waals surface area contributed by atoms with Gasteiger partial charge >= 0.3 is 5.97 Å². The maximum absolute atomic E-state index is 12.0. The van der Waals surface area contributed by atoms with Crippen LogP contribution in [0.3, 0.4) is 0 Å². The van der Waals surface area contributed by atoms with E-state index in [0.717, 1.165) is 0 Å². The number of amides is 1. The zero-order valence-corrected chi connectivity index (χ0v) is 13.4. The maximum atomic E-state index is 12.0. The number of aliphatic carboxylic acids is 1. The van der Waals surface area contributed by atoms with E-state index in [-0.39, 0.29) is 23.8 Å². The van der Waals surface area contributed by atoms with Gasteiger partial charge in [-0.25, -0.2) is 13.1 Å². The molecule has 0 aromatic heterocycles. The Morgan fingerprint density at radius 2 is 1.77 bits per heavy atom.